The quantitative estimate of drug-likeness (QED) is 0.0320. The van der Waals surface area contributed by atoms with E-state index in [1.807, 2.05) is 0 Å². The summed E-state index contributed by atoms with van der Waals surface area (Å²) in [5, 5.41) is 23.2. The molecule has 0 heterocycles. The molecular weight excluding hydrogens is 1020 g/mol. The lowest BCUT2D eigenvalue weighted by Crippen LogP contribution is -2.45. The SMILES string of the molecule is CCCCC/C=C\C/C=C\CCCCCCCCCC(=O)OCCCCCCCCCCCCCCCCC/C=C\C/C=C\CCCCCCCCCCCCCCCCCCCC(=O)NC(CO)C(O)CCCCCCCCCCCC. The highest BCUT2D eigenvalue weighted by Gasteiger charge is 2.20. The molecule has 488 valence electrons. The van der Waals surface area contributed by atoms with Gasteiger partial charge in [-0.15, -0.1) is 0 Å². The van der Waals surface area contributed by atoms with Crippen molar-refractivity contribution >= 4 is 11.9 Å². The molecule has 3 N–H and O–H groups in total. The lowest BCUT2D eigenvalue weighted by atomic mass is 10.0. The molecule has 2 unspecified atom stereocenters. The minimum atomic E-state index is -0.660. The average Bonchev–Trinajstić information content (AvgIpc) is 3.50. The highest BCUT2D eigenvalue weighted by molar-refractivity contribution is 5.76. The molecule has 0 aromatic heterocycles. The van der Waals surface area contributed by atoms with E-state index >= 15 is 0 Å². The number of ether oxygens (including phenoxy) is 1. The standard InChI is InChI=1S/C77H145NO5/c1-3-5-7-9-11-13-15-16-17-41-45-48-51-55-59-63-67-71-77(82)83-72-68-64-60-56-52-49-46-43-40-38-36-34-32-30-28-26-24-22-20-18-19-21-23-25-27-29-31-33-35-37-39-42-44-47-50-54-58-62-66-70-76(81)78-74(73-79)75(80)69-65-61-57-53-14-12-10-8-6-4-2/h11,13,16-19,22,24,74-75,79-80H,3-10,12,14-15,20-21,23,25-73H2,1-2H3,(H,78,81)/b13-11-,17-16-,19-18-,24-22-. The number of amides is 1. The van der Waals surface area contributed by atoms with Crippen LogP contribution in [0.4, 0.5) is 0 Å². The first-order chi connectivity index (χ1) is 41.0. The van der Waals surface area contributed by atoms with Crippen LogP contribution < -0.4 is 5.32 Å². The number of carbonyl (C=O) groups is 2. The molecule has 1 amide bonds. The molecule has 0 bridgehead atoms. The summed E-state index contributed by atoms with van der Waals surface area (Å²) in [5.41, 5.74) is 0. The highest BCUT2D eigenvalue weighted by Crippen LogP contribution is 2.19. The van der Waals surface area contributed by atoms with Gasteiger partial charge in [-0.1, -0.05) is 351 Å². The Balaban J connectivity index is 3.33. The monoisotopic (exact) mass is 1160 g/mol. The number of unbranched alkanes of at least 4 members (excludes halogenated alkanes) is 51. The lowest BCUT2D eigenvalue weighted by molar-refractivity contribution is -0.143. The van der Waals surface area contributed by atoms with Crippen molar-refractivity contribution in [3.8, 4) is 0 Å². The van der Waals surface area contributed by atoms with Crippen molar-refractivity contribution in [1.82, 2.24) is 5.32 Å². The molecule has 0 saturated carbocycles. The van der Waals surface area contributed by atoms with Crippen molar-refractivity contribution in [3.05, 3.63) is 48.6 Å². The maximum absolute atomic E-state index is 12.5. The summed E-state index contributed by atoms with van der Waals surface area (Å²) in [4.78, 5) is 24.5. The van der Waals surface area contributed by atoms with Gasteiger partial charge >= 0.3 is 5.97 Å². The van der Waals surface area contributed by atoms with E-state index in [9.17, 15) is 19.8 Å². The van der Waals surface area contributed by atoms with Crippen molar-refractivity contribution in [2.75, 3.05) is 13.2 Å². The topological polar surface area (TPSA) is 95.9 Å². The minimum Gasteiger partial charge on any atom is -0.466 e. The van der Waals surface area contributed by atoms with Crippen LogP contribution in [-0.2, 0) is 14.3 Å². The van der Waals surface area contributed by atoms with Crippen molar-refractivity contribution in [2.45, 2.75) is 418 Å². The average molecular weight is 1170 g/mol. The van der Waals surface area contributed by atoms with Gasteiger partial charge in [0.15, 0.2) is 0 Å². The van der Waals surface area contributed by atoms with E-state index in [1.165, 1.54) is 315 Å². The highest BCUT2D eigenvalue weighted by atomic mass is 16.5. The van der Waals surface area contributed by atoms with Gasteiger partial charge < -0.3 is 20.3 Å². The first kappa shape index (κ1) is 80.8. The van der Waals surface area contributed by atoms with Gasteiger partial charge in [-0.05, 0) is 89.9 Å². The van der Waals surface area contributed by atoms with Gasteiger partial charge in [0.05, 0.1) is 25.4 Å². The molecule has 0 saturated heterocycles. The number of aliphatic hydroxyl groups is 2. The maximum atomic E-state index is 12.5. The van der Waals surface area contributed by atoms with Crippen molar-refractivity contribution in [3.63, 3.8) is 0 Å². The normalized spacial score (nSPS) is 12.8. The second-order valence-corrected chi connectivity index (χ2v) is 25.6. The third-order valence-corrected chi connectivity index (χ3v) is 17.4. The van der Waals surface area contributed by atoms with Crippen LogP contribution in [0.1, 0.15) is 406 Å². The molecule has 0 aliphatic rings. The van der Waals surface area contributed by atoms with Crippen LogP contribution in [0.2, 0.25) is 0 Å². The van der Waals surface area contributed by atoms with Crippen LogP contribution in [0.3, 0.4) is 0 Å². The Kier molecular flexibility index (Phi) is 70.4. The third-order valence-electron chi connectivity index (χ3n) is 17.4. The van der Waals surface area contributed by atoms with Gasteiger partial charge in [-0.25, -0.2) is 0 Å². The molecule has 0 aromatic carbocycles. The van der Waals surface area contributed by atoms with E-state index < -0.39 is 12.1 Å². The van der Waals surface area contributed by atoms with Crippen LogP contribution in [0.15, 0.2) is 48.6 Å². The van der Waals surface area contributed by atoms with Crippen LogP contribution in [0.25, 0.3) is 0 Å². The number of nitrogens with one attached hydrogen (secondary N) is 1. The number of carbonyl (C=O) groups excluding carboxylic acids is 2. The van der Waals surface area contributed by atoms with Gasteiger partial charge in [0.2, 0.25) is 5.91 Å². The second kappa shape index (κ2) is 72.3. The van der Waals surface area contributed by atoms with Crippen molar-refractivity contribution in [1.29, 1.82) is 0 Å². The smallest absolute Gasteiger partial charge is 0.305 e. The molecule has 0 rings (SSSR count). The molecule has 0 aromatic rings. The van der Waals surface area contributed by atoms with E-state index in [-0.39, 0.29) is 18.5 Å². The molecule has 0 aliphatic carbocycles. The Hall–Kier alpha value is -2.18. The fraction of sp³-hybridized carbons (Fsp3) is 0.870. The van der Waals surface area contributed by atoms with E-state index in [0.717, 1.165) is 57.8 Å². The fourth-order valence-corrected chi connectivity index (χ4v) is 11.6. The van der Waals surface area contributed by atoms with Crippen LogP contribution >= 0.6 is 0 Å². The maximum Gasteiger partial charge on any atom is 0.305 e. The Morgan fingerprint density at radius 3 is 0.940 bits per heavy atom. The zero-order chi connectivity index (χ0) is 59.9. The van der Waals surface area contributed by atoms with E-state index in [1.54, 1.807) is 0 Å². The number of rotatable bonds is 70. The summed E-state index contributed by atoms with van der Waals surface area (Å²) >= 11 is 0. The Morgan fingerprint density at radius 1 is 0.337 bits per heavy atom. The summed E-state index contributed by atoms with van der Waals surface area (Å²) < 4.78 is 5.50. The van der Waals surface area contributed by atoms with E-state index in [0.29, 0.717) is 25.9 Å². The number of hydrogen-bond donors (Lipinski definition) is 3. The summed E-state index contributed by atoms with van der Waals surface area (Å²) in [7, 11) is 0. The van der Waals surface area contributed by atoms with Crippen LogP contribution in [0.5, 0.6) is 0 Å². The number of allylic oxidation sites excluding steroid dienone is 8. The summed E-state index contributed by atoms with van der Waals surface area (Å²) in [5.74, 6) is -0.0194. The zero-order valence-electron chi connectivity index (χ0n) is 55.9. The Morgan fingerprint density at radius 2 is 0.602 bits per heavy atom. The van der Waals surface area contributed by atoms with E-state index in [4.69, 9.17) is 4.74 Å². The van der Waals surface area contributed by atoms with Crippen LogP contribution in [-0.4, -0.2) is 47.4 Å². The Labute approximate surface area is 518 Å². The van der Waals surface area contributed by atoms with Gasteiger partial charge in [0.1, 0.15) is 0 Å². The molecule has 6 nitrogen and oxygen atoms in total. The largest absolute Gasteiger partial charge is 0.466 e. The van der Waals surface area contributed by atoms with Crippen molar-refractivity contribution < 1.29 is 24.5 Å². The summed E-state index contributed by atoms with van der Waals surface area (Å²) in [6, 6.07) is -0.537. The van der Waals surface area contributed by atoms with Gasteiger partial charge in [0.25, 0.3) is 0 Å². The molecule has 0 spiro atoms. The predicted octanol–water partition coefficient (Wildman–Crippen LogP) is 24.4. The zero-order valence-corrected chi connectivity index (χ0v) is 55.9. The first-order valence-electron chi connectivity index (χ1n) is 37.4. The Bertz CT molecular complexity index is 1390. The number of aliphatic hydroxyl groups excluding tert-OH is 2. The van der Waals surface area contributed by atoms with Crippen molar-refractivity contribution in [2.24, 2.45) is 0 Å². The molecule has 0 aliphatic heterocycles. The molecular formula is C77H145NO5. The van der Waals surface area contributed by atoms with E-state index in [2.05, 4.69) is 67.8 Å². The summed E-state index contributed by atoms with van der Waals surface area (Å²) in [6.45, 7) is 4.94. The molecule has 83 heavy (non-hydrogen) atoms. The molecule has 0 radical (unpaired) electrons. The lowest BCUT2D eigenvalue weighted by Gasteiger charge is -2.22. The molecule has 2 atom stereocenters. The number of hydrogen-bond acceptors (Lipinski definition) is 5. The minimum absolute atomic E-state index is 0.0127. The summed E-state index contributed by atoms with van der Waals surface area (Å²) in [6.07, 6.45) is 94.9. The van der Waals surface area contributed by atoms with Gasteiger partial charge in [-0.2, -0.15) is 0 Å². The first-order valence-corrected chi connectivity index (χ1v) is 37.4. The van der Waals surface area contributed by atoms with Gasteiger partial charge in [-0.3, -0.25) is 9.59 Å². The van der Waals surface area contributed by atoms with Crippen LogP contribution in [0, 0.1) is 0 Å². The third kappa shape index (κ3) is 68.8. The number of esters is 1. The second-order valence-electron chi connectivity index (χ2n) is 25.6. The van der Waals surface area contributed by atoms with Gasteiger partial charge in [0, 0.05) is 12.8 Å². The predicted molar refractivity (Wildman–Crippen MR) is 366 cm³/mol. The fourth-order valence-electron chi connectivity index (χ4n) is 11.6. The molecule has 6 heteroatoms. The molecule has 0 fully saturated rings.